The molecule has 0 unspecified atom stereocenters. The smallest absolute Gasteiger partial charge is 0.306 e. The molecule has 0 spiro atoms. The Morgan fingerprint density at radius 1 is 1.38 bits per heavy atom. The average Bonchev–Trinajstić information content (AvgIpc) is 3.00. The van der Waals surface area contributed by atoms with Gasteiger partial charge >= 0.3 is 5.97 Å². The first kappa shape index (κ1) is 15.1. The molecule has 1 aromatic rings. The molecule has 1 saturated heterocycles. The van der Waals surface area contributed by atoms with E-state index in [1.165, 1.54) is 12.3 Å². The Labute approximate surface area is 121 Å². The molecule has 1 aromatic heterocycles. The number of rotatable bonds is 4. The first-order valence-electron chi connectivity index (χ1n) is 6.85. The molecule has 7 nitrogen and oxygen atoms in total. The van der Waals surface area contributed by atoms with Crippen LogP contribution in [0.4, 0.5) is 0 Å². The molecule has 0 bridgehead atoms. The molecule has 2 amide bonds. The number of nitrogens with one attached hydrogen (secondary N) is 1. The second-order valence-electron chi connectivity index (χ2n) is 5.11. The summed E-state index contributed by atoms with van der Waals surface area (Å²) in [5.74, 6) is -1.71. The molecule has 0 aliphatic carbocycles. The summed E-state index contributed by atoms with van der Waals surface area (Å²) in [5.41, 5.74) is 0. The van der Waals surface area contributed by atoms with Gasteiger partial charge in [-0.05, 0) is 31.9 Å². The first-order chi connectivity index (χ1) is 9.99. The van der Waals surface area contributed by atoms with E-state index in [1.54, 1.807) is 17.9 Å². The number of amides is 2. The molecule has 1 aliphatic heterocycles. The van der Waals surface area contributed by atoms with E-state index < -0.39 is 17.9 Å². The van der Waals surface area contributed by atoms with Gasteiger partial charge in [0.05, 0.1) is 12.2 Å². The summed E-state index contributed by atoms with van der Waals surface area (Å²) in [7, 11) is 0. The van der Waals surface area contributed by atoms with Gasteiger partial charge in [0.15, 0.2) is 5.76 Å². The number of furan rings is 1. The van der Waals surface area contributed by atoms with Gasteiger partial charge in [-0.3, -0.25) is 14.4 Å². The van der Waals surface area contributed by atoms with Gasteiger partial charge in [0.1, 0.15) is 6.04 Å². The lowest BCUT2D eigenvalue weighted by atomic mass is 9.97. The highest BCUT2D eigenvalue weighted by atomic mass is 16.4. The van der Waals surface area contributed by atoms with Crippen molar-refractivity contribution in [1.82, 2.24) is 10.2 Å². The summed E-state index contributed by atoms with van der Waals surface area (Å²) in [5, 5.41) is 11.5. The Morgan fingerprint density at radius 3 is 2.57 bits per heavy atom. The molecule has 114 valence electrons. The number of carboxylic acid groups (broad SMARTS) is 1. The highest BCUT2D eigenvalue weighted by Crippen LogP contribution is 2.18. The van der Waals surface area contributed by atoms with Crippen LogP contribution in [0.25, 0.3) is 0 Å². The predicted molar refractivity (Wildman–Crippen MR) is 72.6 cm³/mol. The summed E-state index contributed by atoms with van der Waals surface area (Å²) < 4.78 is 4.96. The normalized spacial score (nSPS) is 17.3. The van der Waals surface area contributed by atoms with E-state index in [-0.39, 0.29) is 17.6 Å². The molecular formula is C14H18N2O5. The van der Waals surface area contributed by atoms with Gasteiger partial charge in [0.25, 0.3) is 5.91 Å². The predicted octanol–water partition coefficient (Wildman–Crippen LogP) is 0.721. The minimum Gasteiger partial charge on any atom is -0.481 e. The quantitative estimate of drug-likeness (QED) is 0.852. The highest BCUT2D eigenvalue weighted by molar-refractivity contribution is 5.95. The van der Waals surface area contributed by atoms with E-state index in [4.69, 9.17) is 9.52 Å². The Kier molecular flexibility index (Phi) is 4.62. The second kappa shape index (κ2) is 6.43. The maximum atomic E-state index is 12.2. The Morgan fingerprint density at radius 2 is 2.05 bits per heavy atom. The van der Waals surface area contributed by atoms with Gasteiger partial charge < -0.3 is 19.7 Å². The molecule has 2 rings (SSSR count). The number of aliphatic carboxylic acids is 1. The second-order valence-corrected chi connectivity index (χ2v) is 5.11. The average molecular weight is 294 g/mol. The van der Waals surface area contributed by atoms with Crippen molar-refractivity contribution in [3.63, 3.8) is 0 Å². The summed E-state index contributed by atoms with van der Waals surface area (Å²) in [6.45, 7) is 2.40. The molecule has 1 aliphatic rings. The Balaban J connectivity index is 1.86. The van der Waals surface area contributed by atoms with Crippen LogP contribution in [0, 0.1) is 5.92 Å². The number of carbonyl (C=O) groups excluding carboxylic acids is 2. The standard InChI is InChI=1S/C14H18N2O5/c1-9(15-12(17)11-3-2-8-21-11)13(18)16-6-4-10(5-7-16)14(19)20/h2-3,8-10H,4-7H2,1H3,(H,15,17)(H,19,20)/t9-/m1/s1. The molecule has 21 heavy (non-hydrogen) atoms. The highest BCUT2D eigenvalue weighted by Gasteiger charge is 2.29. The number of nitrogens with zero attached hydrogens (tertiary/aromatic N) is 1. The zero-order chi connectivity index (χ0) is 15.4. The Bertz CT molecular complexity index is 517. The van der Waals surface area contributed by atoms with E-state index in [0.29, 0.717) is 25.9 Å². The third-order valence-corrected chi connectivity index (χ3v) is 3.62. The lowest BCUT2D eigenvalue weighted by molar-refractivity contribution is -0.146. The SMILES string of the molecule is C[C@@H](NC(=O)c1ccco1)C(=O)N1CCC(C(=O)O)CC1. The number of carbonyl (C=O) groups is 3. The van der Waals surface area contributed by atoms with Crippen molar-refractivity contribution in [2.45, 2.75) is 25.8 Å². The minimum atomic E-state index is -0.818. The lowest BCUT2D eigenvalue weighted by Crippen LogP contribution is -2.49. The molecule has 2 N–H and O–H groups in total. The Hall–Kier alpha value is -2.31. The fourth-order valence-corrected chi connectivity index (χ4v) is 2.36. The van der Waals surface area contributed by atoms with E-state index in [1.807, 2.05) is 0 Å². The largest absolute Gasteiger partial charge is 0.481 e. The molecule has 0 radical (unpaired) electrons. The molecule has 1 atom stereocenters. The number of hydrogen-bond donors (Lipinski definition) is 2. The maximum Gasteiger partial charge on any atom is 0.306 e. The fraction of sp³-hybridized carbons (Fsp3) is 0.500. The van der Waals surface area contributed by atoms with Crippen molar-refractivity contribution < 1.29 is 23.9 Å². The summed E-state index contributed by atoms with van der Waals surface area (Å²) in [4.78, 5) is 36.5. The number of carboxylic acids is 1. The zero-order valence-electron chi connectivity index (χ0n) is 11.7. The summed E-state index contributed by atoms with van der Waals surface area (Å²) in [6, 6.07) is 2.44. The number of piperidine rings is 1. The molecule has 2 heterocycles. The third-order valence-electron chi connectivity index (χ3n) is 3.62. The lowest BCUT2D eigenvalue weighted by Gasteiger charge is -2.32. The molecular weight excluding hydrogens is 276 g/mol. The molecule has 1 fully saturated rings. The van der Waals surface area contributed by atoms with Crippen LogP contribution in [0.15, 0.2) is 22.8 Å². The van der Waals surface area contributed by atoms with Crippen LogP contribution >= 0.6 is 0 Å². The van der Waals surface area contributed by atoms with Gasteiger partial charge in [-0.15, -0.1) is 0 Å². The first-order valence-corrected chi connectivity index (χ1v) is 6.85. The minimum absolute atomic E-state index is 0.152. The van der Waals surface area contributed by atoms with E-state index in [9.17, 15) is 14.4 Å². The van der Waals surface area contributed by atoms with Crippen molar-refractivity contribution in [1.29, 1.82) is 0 Å². The van der Waals surface area contributed by atoms with Gasteiger partial charge in [0.2, 0.25) is 5.91 Å². The van der Waals surface area contributed by atoms with Crippen molar-refractivity contribution in [2.75, 3.05) is 13.1 Å². The van der Waals surface area contributed by atoms with Crippen LogP contribution in [0.3, 0.4) is 0 Å². The van der Waals surface area contributed by atoms with E-state index in [2.05, 4.69) is 5.32 Å². The monoisotopic (exact) mass is 294 g/mol. The maximum absolute atomic E-state index is 12.2. The van der Waals surface area contributed by atoms with Crippen LogP contribution < -0.4 is 5.32 Å². The third kappa shape index (κ3) is 3.62. The summed E-state index contributed by atoms with van der Waals surface area (Å²) in [6.07, 6.45) is 2.28. The van der Waals surface area contributed by atoms with Crippen molar-refractivity contribution in [3.05, 3.63) is 24.2 Å². The van der Waals surface area contributed by atoms with Crippen LogP contribution in [0.5, 0.6) is 0 Å². The molecule has 0 aromatic carbocycles. The van der Waals surface area contributed by atoms with Crippen LogP contribution in [-0.2, 0) is 9.59 Å². The molecule has 0 saturated carbocycles. The van der Waals surface area contributed by atoms with Crippen molar-refractivity contribution in [2.24, 2.45) is 5.92 Å². The fourth-order valence-electron chi connectivity index (χ4n) is 2.36. The van der Waals surface area contributed by atoms with Gasteiger partial charge in [-0.2, -0.15) is 0 Å². The topological polar surface area (TPSA) is 99.9 Å². The van der Waals surface area contributed by atoms with Crippen LogP contribution in [-0.4, -0.2) is 46.9 Å². The number of likely N-dealkylation sites (tertiary alicyclic amines) is 1. The van der Waals surface area contributed by atoms with Crippen LogP contribution in [0.2, 0.25) is 0 Å². The van der Waals surface area contributed by atoms with Gasteiger partial charge in [-0.25, -0.2) is 0 Å². The number of hydrogen-bond acceptors (Lipinski definition) is 4. The van der Waals surface area contributed by atoms with E-state index >= 15 is 0 Å². The van der Waals surface area contributed by atoms with Crippen molar-refractivity contribution in [3.8, 4) is 0 Å². The van der Waals surface area contributed by atoms with Gasteiger partial charge in [-0.1, -0.05) is 0 Å². The van der Waals surface area contributed by atoms with Crippen LogP contribution in [0.1, 0.15) is 30.3 Å². The van der Waals surface area contributed by atoms with Crippen molar-refractivity contribution >= 4 is 17.8 Å². The molecule has 7 heteroatoms. The zero-order valence-corrected chi connectivity index (χ0v) is 11.7. The van der Waals surface area contributed by atoms with Gasteiger partial charge in [0, 0.05) is 13.1 Å². The summed E-state index contributed by atoms with van der Waals surface area (Å²) >= 11 is 0. The van der Waals surface area contributed by atoms with E-state index in [0.717, 1.165) is 0 Å².